The molecule has 0 radical (unpaired) electrons. The Kier molecular flexibility index (Phi) is 7.26. The number of fused-ring (bicyclic) bond motifs is 1. The molecule has 2 aromatic heterocycles. The minimum atomic E-state index is -0.397. The number of H-pyrrole nitrogens is 1. The van der Waals surface area contributed by atoms with Crippen molar-refractivity contribution in [3.8, 4) is 28.8 Å². The molecule has 0 saturated carbocycles. The van der Waals surface area contributed by atoms with Gasteiger partial charge < -0.3 is 19.0 Å². The summed E-state index contributed by atoms with van der Waals surface area (Å²) in [5, 5.41) is 10.5. The molecule has 0 amide bonds. The van der Waals surface area contributed by atoms with Crippen LogP contribution in [0.1, 0.15) is 45.2 Å². The standard InChI is InChI=1S/C33H29N3O4/c1-5-39-33(38)30-17-25-16-27(12-13-29(25)35-30)40-26-10-8-23(9-11-26)31-15-22(4)28(18-34)32(37)36(31)19-24-7-6-20(2)14-21(24)3/h6-17,35H,5,19H2,1-4H3. The minimum Gasteiger partial charge on any atom is -0.461 e. The third kappa shape index (κ3) is 5.25. The quantitative estimate of drug-likeness (QED) is 0.233. The molecule has 5 rings (SSSR count). The number of pyridine rings is 1. The Labute approximate surface area is 232 Å². The molecule has 0 unspecified atom stereocenters. The van der Waals surface area contributed by atoms with Crippen molar-refractivity contribution in [2.24, 2.45) is 0 Å². The zero-order valence-corrected chi connectivity index (χ0v) is 22.9. The maximum atomic E-state index is 13.4. The van der Waals surface area contributed by atoms with E-state index in [0.29, 0.717) is 35.9 Å². The number of hydrogen-bond donors (Lipinski definition) is 1. The van der Waals surface area contributed by atoms with Gasteiger partial charge in [-0.25, -0.2) is 4.79 Å². The Hall–Kier alpha value is -5.09. The predicted molar refractivity (Wildman–Crippen MR) is 155 cm³/mol. The van der Waals surface area contributed by atoms with Gasteiger partial charge in [0.2, 0.25) is 0 Å². The van der Waals surface area contributed by atoms with Crippen molar-refractivity contribution in [3.05, 3.63) is 117 Å². The van der Waals surface area contributed by atoms with Gasteiger partial charge >= 0.3 is 5.97 Å². The third-order valence-electron chi connectivity index (χ3n) is 6.91. The van der Waals surface area contributed by atoms with Crippen LogP contribution < -0.4 is 10.3 Å². The van der Waals surface area contributed by atoms with Crippen LogP contribution in [0.3, 0.4) is 0 Å². The van der Waals surface area contributed by atoms with Crippen LogP contribution in [-0.4, -0.2) is 22.1 Å². The highest BCUT2D eigenvalue weighted by Crippen LogP contribution is 2.29. The summed E-state index contributed by atoms with van der Waals surface area (Å²) in [6.07, 6.45) is 0. The summed E-state index contributed by atoms with van der Waals surface area (Å²) in [7, 11) is 0. The van der Waals surface area contributed by atoms with Crippen molar-refractivity contribution >= 4 is 16.9 Å². The Bertz CT molecular complexity index is 1840. The van der Waals surface area contributed by atoms with Gasteiger partial charge in [-0.15, -0.1) is 0 Å². The highest BCUT2D eigenvalue weighted by atomic mass is 16.5. The number of carbonyl (C=O) groups excluding carboxylic acids is 1. The number of carbonyl (C=O) groups is 1. The van der Waals surface area contributed by atoms with E-state index in [1.165, 1.54) is 0 Å². The minimum absolute atomic E-state index is 0.153. The van der Waals surface area contributed by atoms with Crippen molar-refractivity contribution in [2.45, 2.75) is 34.2 Å². The van der Waals surface area contributed by atoms with Crippen LogP contribution in [0.25, 0.3) is 22.2 Å². The first kappa shape index (κ1) is 26.5. The van der Waals surface area contributed by atoms with Crippen molar-refractivity contribution < 1.29 is 14.3 Å². The van der Waals surface area contributed by atoms with E-state index < -0.39 is 5.97 Å². The molecule has 0 atom stereocenters. The van der Waals surface area contributed by atoms with Crippen molar-refractivity contribution in [3.63, 3.8) is 0 Å². The molecular weight excluding hydrogens is 502 g/mol. The molecule has 7 nitrogen and oxygen atoms in total. The molecule has 0 bridgehead atoms. The fourth-order valence-corrected chi connectivity index (χ4v) is 4.82. The molecule has 5 aromatic rings. The van der Waals surface area contributed by atoms with Crippen LogP contribution in [0.2, 0.25) is 0 Å². The Morgan fingerprint density at radius 1 is 0.925 bits per heavy atom. The van der Waals surface area contributed by atoms with Gasteiger partial charge in [-0.1, -0.05) is 23.8 Å². The Morgan fingerprint density at radius 3 is 2.38 bits per heavy atom. The summed E-state index contributed by atoms with van der Waals surface area (Å²) < 4.78 is 12.8. The zero-order chi connectivity index (χ0) is 28.4. The van der Waals surface area contributed by atoms with Gasteiger partial charge in [0, 0.05) is 10.9 Å². The Morgan fingerprint density at radius 2 is 1.68 bits per heavy atom. The summed E-state index contributed by atoms with van der Waals surface area (Å²) >= 11 is 0. The highest BCUT2D eigenvalue weighted by Gasteiger charge is 2.16. The summed E-state index contributed by atoms with van der Waals surface area (Å²) in [6, 6.07) is 24.9. The summed E-state index contributed by atoms with van der Waals surface area (Å²) in [5.74, 6) is 0.847. The zero-order valence-electron chi connectivity index (χ0n) is 22.9. The number of benzene rings is 3. The van der Waals surface area contributed by atoms with Crippen LogP contribution in [0.5, 0.6) is 11.5 Å². The molecule has 0 spiro atoms. The maximum Gasteiger partial charge on any atom is 0.354 e. The number of nitriles is 1. The van der Waals surface area contributed by atoms with Crippen molar-refractivity contribution in [2.75, 3.05) is 6.61 Å². The average molecular weight is 532 g/mol. The van der Waals surface area contributed by atoms with Gasteiger partial charge in [-0.2, -0.15) is 5.26 Å². The highest BCUT2D eigenvalue weighted by molar-refractivity contribution is 5.95. The molecule has 0 aliphatic heterocycles. The molecule has 200 valence electrons. The molecule has 40 heavy (non-hydrogen) atoms. The van der Waals surface area contributed by atoms with Crippen LogP contribution in [-0.2, 0) is 11.3 Å². The van der Waals surface area contributed by atoms with E-state index in [1.807, 2.05) is 74.5 Å². The molecule has 0 saturated heterocycles. The number of hydrogen-bond acceptors (Lipinski definition) is 5. The van der Waals surface area contributed by atoms with Gasteiger partial charge in [-0.3, -0.25) is 4.79 Å². The number of rotatable bonds is 7. The van der Waals surface area contributed by atoms with E-state index >= 15 is 0 Å². The summed E-state index contributed by atoms with van der Waals surface area (Å²) in [6.45, 7) is 8.29. The maximum absolute atomic E-state index is 13.4. The lowest BCUT2D eigenvalue weighted by Crippen LogP contribution is -2.26. The van der Waals surface area contributed by atoms with Crippen LogP contribution in [0, 0.1) is 32.1 Å². The number of aryl methyl sites for hydroxylation is 3. The third-order valence-corrected chi connectivity index (χ3v) is 6.91. The first-order valence-corrected chi connectivity index (χ1v) is 13.1. The lowest BCUT2D eigenvalue weighted by atomic mass is 10.0. The molecule has 2 heterocycles. The monoisotopic (exact) mass is 531 g/mol. The van der Waals surface area contributed by atoms with Gasteiger partial charge in [0.25, 0.3) is 5.56 Å². The fraction of sp³-hybridized carbons (Fsp3) is 0.182. The smallest absolute Gasteiger partial charge is 0.354 e. The largest absolute Gasteiger partial charge is 0.461 e. The topological polar surface area (TPSA) is 97.1 Å². The number of aromatic amines is 1. The first-order chi connectivity index (χ1) is 19.3. The molecule has 7 heteroatoms. The van der Waals surface area contributed by atoms with E-state index in [-0.39, 0.29) is 11.1 Å². The number of nitrogens with zero attached hydrogens (tertiary/aromatic N) is 2. The van der Waals surface area contributed by atoms with Gasteiger partial charge in [0.05, 0.1) is 18.8 Å². The van der Waals surface area contributed by atoms with Crippen LogP contribution in [0.4, 0.5) is 0 Å². The van der Waals surface area contributed by atoms with Gasteiger partial charge in [0.1, 0.15) is 28.8 Å². The molecule has 0 fully saturated rings. The second-order valence-electron chi connectivity index (χ2n) is 9.80. The van der Waals surface area contributed by atoms with E-state index in [0.717, 1.165) is 38.9 Å². The van der Waals surface area contributed by atoms with E-state index in [1.54, 1.807) is 24.5 Å². The normalized spacial score (nSPS) is 10.9. The number of esters is 1. The average Bonchev–Trinajstić information content (AvgIpc) is 3.36. The van der Waals surface area contributed by atoms with Crippen LogP contribution >= 0.6 is 0 Å². The van der Waals surface area contributed by atoms with E-state index in [4.69, 9.17) is 9.47 Å². The van der Waals surface area contributed by atoms with Crippen LogP contribution in [0.15, 0.2) is 77.6 Å². The fourth-order valence-electron chi connectivity index (χ4n) is 4.82. The second-order valence-corrected chi connectivity index (χ2v) is 9.80. The summed E-state index contributed by atoms with van der Waals surface area (Å²) in [4.78, 5) is 28.5. The van der Waals surface area contributed by atoms with Gasteiger partial charge in [-0.05, 0) is 105 Å². The lowest BCUT2D eigenvalue weighted by Gasteiger charge is -2.17. The Balaban J connectivity index is 1.45. The summed E-state index contributed by atoms with van der Waals surface area (Å²) in [5.41, 5.74) is 6.52. The number of nitrogens with one attached hydrogen (secondary N) is 1. The molecule has 1 N–H and O–H groups in total. The first-order valence-electron chi connectivity index (χ1n) is 13.1. The molecule has 3 aromatic carbocycles. The van der Waals surface area contributed by atoms with Crippen molar-refractivity contribution in [1.82, 2.24) is 9.55 Å². The van der Waals surface area contributed by atoms with Crippen molar-refractivity contribution in [1.29, 1.82) is 5.26 Å². The lowest BCUT2D eigenvalue weighted by molar-refractivity contribution is 0.0520. The van der Waals surface area contributed by atoms with E-state index in [9.17, 15) is 14.9 Å². The molecule has 0 aliphatic carbocycles. The SMILES string of the molecule is CCOC(=O)c1cc2cc(Oc3ccc(-c4cc(C)c(C#N)c(=O)n4Cc4ccc(C)cc4C)cc3)ccc2[nH]1. The number of ether oxygens (including phenoxy) is 2. The molecular formula is C33H29N3O4. The van der Waals surface area contributed by atoms with E-state index in [2.05, 4.69) is 17.1 Å². The van der Waals surface area contributed by atoms with Gasteiger partial charge in [0.15, 0.2) is 0 Å². The molecule has 0 aliphatic rings. The number of aromatic nitrogens is 2. The second kappa shape index (κ2) is 11.0. The predicted octanol–water partition coefficient (Wildman–Crippen LogP) is 6.81.